The lowest BCUT2D eigenvalue weighted by Crippen LogP contribution is -2.46. The van der Waals surface area contributed by atoms with Crippen molar-refractivity contribution in [2.75, 3.05) is 33.0 Å². The molecule has 1 aromatic heterocycles. The summed E-state index contributed by atoms with van der Waals surface area (Å²) in [6, 6.07) is 9.28. The molecular formula is C17H19N3O4. The van der Waals surface area contributed by atoms with Crippen LogP contribution in [0.1, 0.15) is 18.4 Å². The highest BCUT2D eigenvalue weighted by molar-refractivity contribution is 5.79. The van der Waals surface area contributed by atoms with Gasteiger partial charge < -0.3 is 18.9 Å². The van der Waals surface area contributed by atoms with Crippen molar-refractivity contribution < 1.29 is 18.8 Å². The summed E-state index contributed by atoms with van der Waals surface area (Å²) in [7, 11) is 0. The lowest BCUT2D eigenvalue weighted by atomic mass is 10.1. The smallest absolute Gasteiger partial charge is 0.252 e. The molecule has 1 aromatic carbocycles. The molecule has 0 spiro atoms. The van der Waals surface area contributed by atoms with Gasteiger partial charge in [-0.3, -0.25) is 4.79 Å². The molecule has 2 aromatic rings. The van der Waals surface area contributed by atoms with Gasteiger partial charge in [-0.25, -0.2) is 0 Å². The molecule has 7 heteroatoms. The number of aromatic nitrogens is 2. The summed E-state index contributed by atoms with van der Waals surface area (Å²) in [5.41, 5.74) is 0.881. The number of amides is 1. The standard InChI is InChI=1S/C17H19N3O4/c21-17(13-6-8-22-10-13)20-7-9-23-11-14(20)16-18-15(19-24-16)12-4-2-1-3-5-12/h1-5,13-14H,6-11H2/t13-,14-/m0/s1. The highest BCUT2D eigenvalue weighted by Crippen LogP contribution is 2.28. The molecule has 0 aliphatic carbocycles. The lowest BCUT2D eigenvalue weighted by molar-refractivity contribution is -0.145. The van der Waals surface area contributed by atoms with Crippen molar-refractivity contribution in [2.24, 2.45) is 5.92 Å². The second-order valence-corrected chi connectivity index (χ2v) is 6.01. The van der Waals surface area contributed by atoms with E-state index in [9.17, 15) is 4.79 Å². The Morgan fingerprint density at radius 1 is 1.12 bits per heavy atom. The van der Waals surface area contributed by atoms with E-state index in [1.54, 1.807) is 4.90 Å². The summed E-state index contributed by atoms with van der Waals surface area (Å²) in [5.74, 6) is 0.941. The van der Waals surface area contributed by atoms with Crippen molar-refractivity contribution in [3.63, 3.8) is 0 Å². The number of carbonyl (C=O) groups excluding carboxylic acids is 1. The minimum atomic E-state index is -0.336. The third kappa shape index (κ3) is 2.92. The van der Waals surface area contributed by atoms with Crippen LogP contribution < -0.4 is 0 Å². The molecule has 7 nitrogen and oxygen atoms in total. The van der Waals surface area contributed by atoms with Crippen LogP contribution >= 0.6 is 0 Å². The quantitative estimate of drug-likeness (QED) is 0.852. The van der Waals surface area contributed by atoms with Crippen molar-refractivity contribution >= 4 is 5.91 Å². The molecule has 2 aliphatic heterocycles. The van der Waals surface area contributed by atoms with Gasteiger partial charge in [-0.15, -0.1) is 0 Å². The minimum Gasteiger partial charge on any atom is -0.381 e. The van der Waals surface area contributed by atoms with Crippen LogP contribution in [0, 0.1) is 5.92 Å². The van der Waals surface area contributed by atoms with Gasteiger partial charge in [-0.05, 0) is 6.42 Å². The number of hydrogen-bond donors (Lipinski definition) is 0. The fraction of sp³-hybridized carbons (Fsp3) is 0.471. The fourth-order valence-corrected chi connectivity index (χ4v) is 3.11. The topological polar surface area (TPSA) is 77.7 Å². The molecule has 0 unspecified atom stereocenters. The van der Waals surface area contributed by atoms with E-state index in [0.29, 0.717) is 44.7 Å². The first-order chi connectivity index (χ1) is 11.8. The summed E-state index contributed by atoms with van der Waals surface area (Å²) in [6.45, 7) is 2.56. The van der Waals surface area contributed by atoms with Gasteiger partial charge in [-0.1, -0.05) is 35.5 Å². The summed E-state index contributed by atoms with van der Waals surface area (Å²) < 4.78 is 16.3. The van der Waals surface area contributed by atoms with Gasteiger partial charge in [-0.2, -0.15) is 4.98 Å². The summed E-state index contributed by atoms with van der Waals surface area (Å²) >= 11 is 0. The van der Waals surface area contributed by atoms with Gasteiger partial charge in [0.2, 0.25) is 11.7 Å². The Morgan fingerprint density at radius 2 is 1.96 bits per heavy atom. The number of hydrogen-bond acceptors (Lipinski definition) is 6. The highest BCUT2D eigenvalue weighted by Gasteiger charge is 2.37. The zero-order chi connectivity index (χ0) is 16.4. The predicted octanol–water partition coefficient (Wildman–Crippen LogP) is 1.67. The molecule has 4 rings (SSSR count). The van der Waals surface area contributed by atoms with E-state index in [0.717, 1.165) is 12.0 Å². The molecule has 0 saturated carbocycles. The molecule has 0 bridgehead atoms. The SMILES string of the molecule is O=C([C@H]1CCOC1)N1CCOC[C@H]1c1nc(-c2ccccc2)no1. The molecule has 3 heterocycles. The van der Waals surface area contributed by atoms with Crippen LogP contribution in [0.15, 0.2) is 34.9 Å². The molecule has 126 valence electrons. The van der Waals surface area contributed by atoms with Gasteiger partial charge in [0, 0.05) is 18.7 Å². The first kappa shape index (κ1) is 15.3. The average molecular weight is 329 g/mol. The van der Waals surface area contributed by atoms with Crippen molar-refractivity contribution in [3.8, 4) is 11.4 Å². The van der Waals surface area contributed by atoms with Crippen molar-refractivity contribution in [2.45, 2.75) is 12.5 Å². The molecule has 0 radical (unpaired) electrons. The fourth-order valence-electron chi connectivity index (χ4n) is 3.11. The Balaban J connectivity index is 1.57. The van der Waals surface area contributed by atoms with Crippen LogP contribution in [0.5, 0.6) is 0 Å². The number of ether oxygens (including phenoxy) is 2. The Hall–Kier alpha value is -2.25. The van der Waals surface area contributed by atoms with Gasteiger partial charge >= 0.3 is 0 Å². The Labute approximate surface area is 139 Å². The first-order valence-electron chi connectivity index (χ1n) is 8.18. The van der Waals surface area contributed by atoms with E-state index in [4.69, 9.17) is 14.0 Å². The number of rotatable bonds is 3. The normalized spacial score (nSPS) is 24.2. The van der Waals surface area contributed by atoms with E-state index in [-0.39, 0.29) is 17.9 Å². The number of nitrogens with zero attached hydrogens (tertiary/aromatic N) is 3. The maximum absolute atomic E-state index is 12.8. The Morgan fingerprint density at radius 3 is 2.75 bits per heavy atom. The second-order valence-electron chi connectivity index (χ2n) is 6.01. The average Bonchev–Trinajstić information content (AvgIpc) is 3.34. The first-order valence-corrected chi connectivity index (χ1v) is 8.18. The minimum absolute atomic E-state index is 0.0814. The maximum Gasteiger partial charge on any atom is 0.252 e. The van der Waals surface area contributed by atoms with Crippen LogP contribution in [0.2, 0.25) is 0 Å². The number of carbonyl (C=O) groups is 1. The highest BCUT2D eigenvalue weighted by atomic mass is 16.5. The van der Waals surface area contributed by atoms with Crippen molar-refractivity contribution in [3.05, 3.63) is 36.2 Å². The summed E-state index contributed by atoms with van der Waals surface area (Å²) in [5, 5.41) is 4.05. The molecule has 24 heavy (non-hydrogen) atoms. The van der Waals surface area contributed by atoms with Gasteiger partial charge in [0.05, 0.1) is 25.7 Å². The molecular weight excluding hydrogens is 310 g/mol. The van der Waals surface area contributed by atoms with Crippen LogP contribution in [0.3, 0.4) is 0 Å². The molecule has 0 N–H and O–H groups in total. The van der Waals surface area contributed by atoms with Crippen molar-refractivity contribution in [1.82, 2.24) is 15.0 Å². The zero-order valence-corrected chi connectivity index (χ0v) is 13.3. The molecule has 2 aliphatic rings. The van der Waals surface area contributed by atoms with E-state index in [1.807, 2.05) is 30.3 Å². The van der Waals surface area contributed by atoms with Crippen LogP contribution in [-0.2, 0) is 14.3 Å². The van der Waals surface area contributed by atoms with Gasteiger partial charge in [0.1, 0.15) is 6.04 Å². The number of benzene rings is 1. The van der Waals surface area contributed by atoms with Gasteiger partial charge in [0.15, 0.2) is 0 Å². The van der Waals surface area contributed by atoms with E-state index in [1.165, 1.54) is 0 Å². The number of morpholine rings is 1. The van der Waals surface area contributed by atoms with E-state index < -0.39 is 0 Å². The molecule has 2 saturated heterocycles. The van der Waals surface area contributed by atoms with E-state index >= 15 is 0 Å². The van der Waals surface area contributed by atoms with Crippen LogP contribution in [-0.4, -0.2) is 53.9 Å². The maximum atomic E-state index is 12.8. The third-order valence-electron chi connectivity index (χ3n) is 4.45. The van der Waals surface area contributed by atoms with Crippen molar-refractivity contribution in [1.29, 1.82) is 0 Å². The second kappa shape index (κ2) is 6.70. The van der Waals surface area contributed by atoms with Crippen LogP contribution in [0.25, 0.3) is 11.4 Å². The molecule has 2 fully saturated rings. The third-order valence-corrected chi connectivity index (χ3v) is 4.45. The largest absolute Gasteiger partial charge is 0.381 e. The Kier molecular flexibility index (Phi) is 4.27. The monoisotopic (exact) mass is 329 g/mol. The summed E-state index contributed by atoms with van der Waals surface area (Å²) in [4.78, 5) is 19.0. The molecule has 2 atom stereocenters. The lowest BCUT2D eigenvalue weighted by Gasteiger charge is -2.34. The summed E-state index contributed by atoms with van der Waals surface area (Å²) in [6.07, 6.45) is 0.766. The molecule has 1 amide bonds. The van der Waals surface area contributed by atoms with E-state index in [2.05, 4.69) is 10.1 Å². The zero-order valence-electron chi connectivity index (χ0n) is 13.3. The predicted molar refractivity (Wildman–Crippen MR) is 83.9 cm³/mol. The van der Waals surface area contributed by atoms with Gasteiger partial charge in [0.25, 0.3) is 5.89 Å². The Bertz CT molecular complexity index is 697. The van der Waals surface area contributed by atoms with Crippen LogP contribution in [0.4, 0.5) is 0 Å².